The second-order valence-corrected chi connectivity index (χ2v) is 7.30. The number of nitrogens with one attached hydrogen (secondary N) is 1. The first kappa shape index (κ1) is 17.5. The number of hydrogen-bond acceptors (Lipinski definition) is 2. The molecule has 0 saturated heterocycles. The summed E-state index contributed by atoms with van der Waals surface area (Å²) >= 11 is 0. The second-order valence-electron chi connectivity index (χ2n) is 7.30. The first-order chi connectivity index (χ1) is 13.1. The van der Waals surface area contributed by atoms with Gasteiger partial charge in [0.2, 0.25) is 11.8 Å². The maximum absolute atomic E-state index is 12.9. The van der Waals surface area contributed by atoms with Gasteiger partial charge in [0.1, 0.15) is 0 Å². The summed E-state index contributed by atoms with van der Waals surface area (Å²) in [7, 11) is 0. The number of carbonyl (C=O) groups excluding carboxylic acids is 2. The van der Waals surface area contributed by atoms with Crippen molar-refractivity contribution in [1.82, 2.24) is 10.2 Å². The molecule has 0 radical (unpaired) electrons. The van der Waals surface area contributed by atoms with Crippen LogP contribution >= 0.6 is 0 Å². The maximum atomic E-state index is 12.9. The minimum absolute atomic E-state index is 0.0157. The van der Waals surface area contributed by atoms with Gasteiger partial charge in [-0.3, -0.25) is 9.59 Å². The van der Waals surface area contributed by atoms with Gasteiger partial charge in [0.05, 0.1) is 18.5 Å². The number of nitrogens with zero attached hydrogens (tertiary/aromatic N) is 1. The highest BCUT2D eigenvalue weighted by Gasteiger charge is 2.29. The second kappa shape index (κ2) is 7.39. The van der Waals surface area contributed by atoms with E-state index in [0.717, 1.165) is 30.4 Å². The summed E-state index contributed by atoms with van der Waals surface area (Å²) in [6.45, 7) is 1.54. The summed E-state index contributed by atoms with van der Waals surface area (Å²) in [5.74, 6) is -0.0698. The van der Waals surface area contributed by atoms with Crippen LogP contribution in [0, 0.1) is 0 Å². The van der Waals surface area contributed by atoms with E-state index in [9.17, 15) is 9.59 Å². The molecule has 0 fully saturated rings. The third kappa shape index (κ3) is 3.52. The predicted molar refractivity (Wildman–Crippen MR) is 106 cm³/mol. The Morgan fingerprint density at radius 3 is 2.63 bits per heavy atom. The van der Waals surface area contributed by atoms with E-state index in [4.69, 9.17) is 0 Å². The number of hydrogen-bond donors (Lipinski definition) is 1. The normalized spacial score (nSPS) is 20.6. The fourth-order valence-corrected chi connectivity index (χ4v) is 4.25. The summed E-state index contributed by atoms with van der Waals surface area (Å²) in [6, 6.07) is 16.1. The molecule has 1 aliphatic heterocycles. The molecule has 4 rings (SSSR count). The van der Waals surface area contributed by atoms with Crippen LogP contribution in [0.1, 0.15) is 60.5 Å². The lowest BCUT2D eigenvalue weighted by Gasteiger charge is -2.33. The SMILES string of the molecule is CC(=O)N1C=Cc2ccccc2[C@@H]1CC(=O)N[C@@H]1CCCc2ccccc21. The Morgan fingerprint density at radius 1 is 1.07 bits per heavy atom. The van der Waals surface area contributed by atoms with Crippen LogP contribution < -0.4 is 5.32 Å². The Balaban J connectivity index is 1.54. The largest absolute Gasteiger partial charge is 0.349 e. The molecule has 2 aliphatic rings. The molecule has 4 nitrogen and oxygen atoms in total. The van der Waals surface area contributed by atoms with Gasteiger partial charge in [-0.25, -0.2) is 0 Å². The zero-order chi connectivity index (χ0) is 18.8. The molecule has 0 bridgehead atoms. The van der Waals surface area contributed by atoms with Crippen molar-refractivity contribution < 1.29 is 9.59 Å². The highest BCUT2D eigenvalue weighted by Crippen LogP contribution is 2.34. The van der Waals surface area contributed by atoms with Crippen LogP contribution in [-0.4, -0.2) is 16.7 Å². The van der Waals surface area contributed by atoms with Gasteiger partial charge in [-0.05, 0) is 47.6 Å². The summed E-state index contributed by atoms with van der Waals surface area (Å²) in [5, 5.41) is 3.21. The van der Waals surface area contributed by atoms with Crippen molar-refractivity contribution in [3.05, 3.63) is 77.0 Å². The number of fused-ring (bicyclic) bond motifs is 2. The van der Waals surface area contributed by atoms with Crippen molar-refractivity contribution in [2.24, 2.45) is 0 Å². The van der Waals surface area contributed by atoms with Crippen LogP contribution in [0.2, 0.25) is 0 Å². The third-order valence-electron chi connectivity index (χ3n) is 5.55. The average molecular weight is 360 g/mol. The fraction of sp³-hybridized carbons (Fsp3) is 0.304. The first-order valence-corrected chi connectivity index (χ1v) is 9.56. The van der Waals surface area contributed by atoms with Gasteiger partial charge in [0.15, 0.2) is 0 Å². The maximum Gasteiger partial charge on any atom is 0.223 e. The van der Waals surface area contributed by atoms with Gasteiger partial charge in [0, 0.05) is 13.1 Å². The molecule has 0 aromatic heterocycles. The van der Waals surface area contributed by atoms with Crippen molar-refractivity contribution in [3.63, 3.8) is 0 Å². The van der Waals surface area contributed by atoms with Crippen LogP contribution in [0.25, 0.3) is 6.08 Å². The van der Waals surface area contributed by atoms with Gasteiger partial charge in [0.25, 0.3) is 0 Å². The number of amides is 2. The quantitative estimate of drug-likeness (QED) is 0.894. The number of aryl methyl sites for hydroxylation is 1. The fourth-order valence-electron chi connectivity index (χ4n) is 4.25. The lowest BCUT2D eigenvalue weighted by atomic mass is 9.87. The Kier molecular flexibility index (Phi) is 4.80. The smallest absolute Gasteiger partial charge is 0.223 e. The molecule has 1 aliphatic carbocycles. The zero-order valence-electron chi connectivity index (χ0n) is 15.5. The van der Waals surface area contributed by atoms with E-state index in [1.54, 1.807) is 18.0 Å². The molecule has 2 aromatic rings. The Bertz CT molecular complexity index is 903. The van der Waals surface area contributed by atoms with Gasteiger partial charge >= 0.3 is 0 Å². The summed E-state index contributed by atoms with van der Waals surface area (Å²) in [5.41, 5.74) is 4.64. The lowest BCUT2D eigenvalue weighted by Crippen LogP contribution is -2.37. The Labute approximate surface area is 159 Å². The topological polar surface area (TPSA) is 49.4 Å². The molecule has 1 heterocycles. The molecular formula is C23H24N2O2. The predicted octanol–water partition coefficient (Wildman–Crippen LogP) is 4.14. The molecule has 2 amide bonds. The number of benzene rings is 2. The summed E-state index contributed by atoms with van der Waals surface area (Å²) in [6.07, 6.45) is 7.10. The molecular weight excluding hydrogens is 336 g/mol. The van der Waals surface area contributed by atoms with Crippen molar-refractivity contribution in [1.29, 1.82) is 0 Å². The highest BCUT2D eigenvalue weighted by atomic mass is 16.2. The third-order valence-corrected chi connectivity index (χ3v) is 5.55. The van der Waals surface area contributed by atoms with Gasteiger partial charge in [-0.1, -0.05) is 48.5 Å². The van der Waals surface area contributed by atoms with E-state index in [2.05, 4.69) is 23.5 Å². The zero-order valence-corrected chi connectivity index (χ0v) is 15.5. The lowest BCUT2D eigenvalue weighted by molar-refractivity contribution is -0.130. The first-order valence-electron chi connectivity index (χ1n) is 9.56. The summed E-state index contributed by atoms with van der Waals surface area (Å²) < 4.78 is 0. The van der Waals surface area contributed by atoms with E-state index >= 15 is 0 Å². The van der Waals surface area contributed by atoms with Gasteiger partial charge < -0.3 is 10.2 Å². The Hall–Kier alpha value is -2.88. The average Bonchev–Trinajstić information content (AvgIpc) is 2.68. The van der Waals surface area contributed by atoms with E-state index < -0.39 is 0 Å². The molecule has 1 N–H and O–H groups in total. The van der Waals surface area contributed by atoms with Gasteiger partial charge in [-0.2, -0.15) is 0 Å². The van der Waals surface area contributed by atoms with E-state index in [0.29, 0.717) is 0 Å². The molecule has 2 atom stereocenters. The number of rotatable bonds is 3. The van der Waals surface area contributed by atoms with E-state index in [-0.39, 0.29) is 30.3 Å². The molecule has 27 heavy (non-hydrogen) atoms. The van der Waals surface area contributed by atoms with Crippen LogP contribution in [0.5, 0.6) is 0 Å². The summed E-state index contributed by atoms with van der Waals surface area (Å²) in [4.78, 5) is 26.7. The van der Waals surface area contributed by atoms with Crippen molar-refractivity contribution in [2.45, 2.75) is 44.7 Å². The number of carbonyl (C=O) groups is 2. The highest BCUT2D eigenvalue weighted by molar-refractivity contribution is 5.82. The van der Waals surface area contributed by atoms with Crippen molar-refractivity contribution in [2.75, 3.05) is 0 Å². The van der Waals surface area contributed by atoms with Crippen LogP contribution in [-0.2, 0) is 16.0 Å². The van der Waals surface area contributed by atoms with Crippen LogP contribution in [0.3, 0.4) is 0 Å². The molecule has 2 aromatic carbocycles. The molecule has 0 unspecified atom stereocenters. The molecule has 0 saturated carbocycles. The Morgan fingerprint density at radius 2 is 1.81 bits per heavy atom. The van der Waals surface area contributed by atoms with E-state index in [1.165, 1.54) is 11.1 Å². The van der Waals surface area contributed by atoms with Crippen molar-refractivity contribution >= 4 is 17.9 Å². The molecule has 0 spiro atoms. The van der Waals surface area contributed by atoms with Crippen LogP contribution in [0.15, 0.2) is 54.7 Å². The van der Waals surface area contributed by atoms with Gasteiger partial charge in [-0.15, -0.1) is 0 Å². The monoisotopic (exact) mass is 360 g/mol. The standard InChI is InChI=1S/C23H24N2O2/c1-16(26)25-14-13-18-8-3-5-11-20(18)22(25)15-23(27)24-21-12-6-9-17-7-2-4-10-19(17)21/h2-5,7-8,10-11,13-14,21-22H,6,9,12,15H2,1H3,(H,24,27)/t21-,22+/m1/s1. The van der Waals surface area contributed by atoms with E-state index in [1.807, 2.05) is 36.4 Å². The van der Waals surface area contributed by atoms with Crippen molar-refractivity contribution in [3.8, 4) is 0 Å². The van der Waals surface area contributed by atoms with Crippen LogP contribution in [0.4, 0.5) is 0 Å². The minimum atomic E-state index is -0.262. The molecule has 4 heteroatoms. The minimum Gasteiger partial charge on any atom is -0.349 e. The molecule has 138 valence electrons.